The minimum atomic E-state index is -0.258. The van der Waals surface area contributed by atoms with Gasteiger partial charge in [-0.3, -0.25) is 4.79 Å². The second-order valence-corrected chi connectivity index (χ2v) is 6.10. The van der Waals surface area contributed by atoms with E-state index >= 15 is 0 Å². The third-order valence-electron chi connectivity index (χ3n) is 3.39. The van der Waals surface area contributed by atoms with Crippen molar-refractivity contribution in [3.63, 3.8) is 0 Å². The van der Waals surface area contributed by atoms with Crippen molar-refractivity contribution in [3.8, 4) is 5.75 Å². The maximum absolute atomic E-state index is 12.3. The molecule has 0 spiro atoms. The van der Waals surface area contributed by atoms with E-state index in [1.165, 1.54) is 0 Å². The Hall–Kier alpha value is -2.41. The number of nitrogens with zero attached hydrogens (tertiary/aromatic N) is 1. The van der Waals surface area contributed by atoms with E-state index in [1.807, 2.05) is 59.0 Å². The number of phenols is 1. The molecule has 0 aliphatic carbocycles. The molecule has 0 atom stereocenters. The molecule has 0 unspecified atom stereocenters. The summed E-state index contributed by atoms with van der Waals surface area (Å²) in [5, 5.41) is 15.4. The van der Waals surface area contributed by atoms with Gasteiger partial charge in [-0.25, -0.2) is 5.43 Å². The summed E-state index contributed by atoms with van der Waals surface area (Å²) in [5.74, 6) is -0.0333. The smallest absolute Gasteiger partial charge is 0.271 e. The first-order valence-electron chi connectivity index (χ1n) is 6.95. The number of rotatable bonds is 3. The van der Waals surface area contributed by atoms with Crippen LogP contribution in [0.15, 0.2) is 65.8 Å². The van der Waals surface area contributed by atoms with E-state index < -0.39 is 0 Å². The van der Waals surface area contributed by atoms with Crippen LogP contribution in [0, 0.1) is 3.57 Å². The van der Waals surface area contributed by atoms with Crippen LogP contribution < -0.4 is 5.43 Å². The normalized spacial score (nSPS) is 11.0. The van der Waals surface area contributed by atoms with Gasteiger partial charge in [0.15, 0.2) is 0 Å². The van der Waals surface area contributed by atoms with Gasteiger partial charge in [-0.2, -0.15) is 5.10 Å². The summed E-state index contributed by atoms with van der Waals surface area (Å²) in [6.07, 6.45) is 1.55. The Morgan fingerprint density at radius 1 is 1.09 bits per heavy atom. The first-order chi connectivity index (χ1) is 11.1. The molecule has 0 saturated carbocycles. The predicted octanol–water partition coefficient (Wildman–Crippen LogP) is 3.91. The molecule has 23 heavy (non-hydrogen) atoms. The van der Waals surface area contributed by atoms with Gasteiger partial charge in [0.05, 0.1) is 9.78 Å². The lowest BCUT2D eigenvalue weighted by molar-refractivity contribution is 0.0957. The Morgan fingerprint density at radius 3 is 2.70 bits per heavy atom. The van der Waals surface area contributed by atoms with Crippen LogP contribution in [0.5, 0.6) is 5.75 Å². The zero-order chi connectivity index (χ0) is 16.2. The summed E-state index contributed by atoms with van der Waals surface area (Å²) in [5.41, 5.74) is 3.92. The highest BCUT2D eigenvalue weighted by Gasteiger charge is 2.08. The zero-order valence-electron chi connectivity index (χ0n) is 12.0. The summed E-state index contributed by atoms with van der Waals surface area (Å²) in [6, 6.07) is 18.4. The number of benzene rings is 3. The number of nitrogens with one attached hydrogen (secondary N) is 1. The summed E-state index contributed by atoms with van der Waals surface area (Å²) in [7, 11) is 0. The van der Waals surface area contributed by atoms with E-state index in [0.717, 1.165) is 19.9 Å². The minimum Gasteiger partial charge on any atom is -0.507 e. The van der Waals surface area contributed by atoms with Gasteiger partial charge in [0.2, 0.25) is 0 Å². The fourth-order valence-corrected chi connectivity index (χ4v) is 2.79. The maximum atomic E-state index is 12.3. The molecule has 5 heteroatoms. The Morgan fingerprint density at radius 2 is 1.87 bits per heavy atom. The van der Waals surface area contributed by atoms with Crippen molar-refractivity contribution in [2.45, 2.75) is 0 Å². The molecule has 0 aliphatic rings. The first kappa shape index (κ1) is 15.5. The Bertz CT molecular complexity index is 901. The average Bonchev–Trinajstić information content (AvgIpc) is 2.57. The van der Waals surface area contributed by atoms with E-state index in [9.17, 15) is 9.90 Å². The number of hydrogen-bond donors (Lipinski definition) is 2. The number of hydrazone groups is 1. The number of fused-ring (bicyclic) bond motifs is 1. The summed E-state index contributed by atoms with van der Waals surface area (Å²) >= 11 is 2.03. The van der Waals surface area contributed by atoms with E-state index in [2.05, 4.69) is 10.5 Å². The van der Waals surface area contributed by atoms with Gasteiger partial charge in [0.1, 0.15) is 5.75 Å². The van der Waals surface area contributed by atoms with E-state index in [0.29, 0.717) is 5.56 Å². The standard InChI is InChI=1S/C18H13IN2O2/c19-16-10-12(8-9-17(16)22)11-20-21-18(23)15-7-3-5-13-4-1-2-6-14(13)15/h1-11,22H,(H,21,23)/b20-11-. The molecule has 4 nitrogen and oxygen atoms in total. The SMILES string of the molecule is O=C(N/N=C\c1ccc(O)c(I)c1)c1cccc2ccccc12. The number of phenolic OH excluding ortho intramolecular Hbond substituents is 1. The Balaban J connectivity index is 1.78. The van der Waals surface area contributed by atoms with Crippen molar-refractivity contribution in [3.05, 3.63) is 75.4 Å². The third-order valence-corrected chi connectivity index (χ3v) is 4.25. The second kappa shape index (κ2) is 6.78. The number of amides is 1. The second-order valence-electron chi connectivity index (χ2n) is 4.94. The molecule has 3 rings (SSSR count). The van der Waals surface area contributed by atoms with Crippen molar-refractivity contribution in [1.29, 1.82) is 0 Å². The molecule has 0 radical (unpaired) electrons. The van der Waals surface area contributed by atoms with Gasteiger partial charge in [0.25, 0.3) is 5.91 Å². The fraction of sp³-hybridized carbons (Fsp3) is 0. The molecule has 2 N–H and O–H groups in total. The number of halogens is 1. The van der Waals surface area contributed by atoms with Crippen LogP contribution >= 0.6 is 22.6 Å². The zero-order valence-corrected chi connectivity index (χ0v) is 14.2. The average molecular weight is 416 g/mol. The third kappa shape index (κ3) is 3.50. The minimum absolute atomic E-state index is 0.225. The van der Waals surface area contributed by atoms with Crippen molar-refractivity contribution >= 4 is 45.5 Å². The van der Waals surface area contributed by atoms with Crippen molar-refractivity contribution < 1.29 is 9.90 Å². The van der Waals surface area contributed by atoms with Crippen LogP contribution in [0.25, 0.3) is 10.8 Å². The van der Waals surface area contributed by atoms with E-state index in [1.54, 1.807) is 30.5 Å². The lowest BCUT2D eigenvalue weighted by Gasteiger charge is -2.04. The molecule has 0 bridgehead atoms. The van der Waals surface area contributed by atoms with Crippen molar-refractivity contribution in [1.82, 2.24) is 5.43 Å². The van der Waals surface area contributed by atoms with Crippen LogP contribution in [0.1, 0.15) is 15.9 Å². The molecule has 0 fully saturated rings. The van der Waals surface area contributed by atoms with Crippen LogP contribution in [-0.2, 0) is 0 Å². The molecular weight excluding hydrogens is 403 g/mol. The highest BCUT2D eigenvalue weighted by atomic mass is 127. The van der Waals surface area contributed by atoms with Crippen LogP contribution in [0.3, 0.4) is 0 Å². The number of carbonyl (C=O) groups is 1. The molecule has 1 amide bonds. The van der Waals surface area contributed by atoms with Crippen LogP contribution in [-0.4, -0.2) is 17.2 Å². The summed E-state index contributed by atoms with van der Waals surface area (Å²) in [6.45, 7) is 0. The molecule has 3 aromatic carbocycles. The van der Waals surface area contributed by atoms with Gasteiger partial charge in [0, 0.05) is 5.56 Å². The molecule has 0 aliphatic heterocycles. The van der Waals surface area contributed by atoms with Gasteiger partial charge in [-0.15, -0.1) is 0 Å². The maximum Gasteiger partial charge on any atom is 0.271 e. The molecule has 0 heterocycles. The van der Waals surface area contributed by atoms with Crippen LogP contribution in [0.4, 0.5) is 0 Å². The van der Waals surface area contributed by atoms with Gasteiger partial charge >= 0.3 is 0 Å². The molecular formula is C18H13IN2O2. The van der Waals surface area contributed by atoms with Crippen molar-refractivity contribution in [2.24, 2.45) is 5.10 Å². The Labute approximate surface area is 147 Å². The molecule has 114 valence electrons. The van der Waals surface area contributed by atoms with Gasteiger partial charge in [-0.1, -0.05) is 36.4 Å². The molecule has 3 aromatic rings. The number of aromatic hydroxyl groups is 1. The summed E-state index contributed by atoms with van der Waals surface area (Å²) in [4.78, 5) is 12.3. The largest absolute Gasteiger partial charge is 0.507 e. The molecule has 0 saturated heterocycles. The van der Waals surface area contributed by atoms with E-state index in [-0.39, 0.29) is 11.7 Å². The first-order valence-corrected chi connectivity index (χ1v) is 8.03. The van der Waals surface area contributed by atoms with Crippen molar-refractivity contribution in [2.75, 3.05) is 0 Å². The monoisotopic (exact) mass is 416 g/mol. The fourth-order valence-electron chi connectivity index (χ4n) is 2.25. The van der Waals surface area contributed by atoms with Gasteiger partial charge in [-0.05, 0) is 63.2 Å². The topological polar surface area (TPSA) is 61.7 Å². The lowest BCUT2D eigenvalue weighted by Crippen LogP contribution is -2.17. The van der Waals surface area contributed by atoms with Crippen LogP contribution in [0.2, 0.25) is 0 Å². The predicted molar refractivity (Wildman–Crippen MR) is 99.8 cm³/mol. The summed E-state index contributed by atoms with van der Waals surface area (Å²) < 4.78 is 0.729. The van der Waals surface area contributed by atoms with E-state index in [4.69, 9.17) is 0 Å². The number of carbonyl (C=O) groups excluding carboxylic acids is 1. The highest BCUT2D eigenvalue weighted by Crippen LogP contribution is 2.20. The lowest BCUT2D eigenvalue weighted by atomic mass is 10.0. The quantitative estimate of drug-likeness (QED) is 0.387. The molecule has 0 aromatic heterocycles. The highest BCUT2D eigenvalue weighted by molar-refractivity contribution is 14.1. The Kier molecular flexibility index (Phi) is 4.57. The van der Waals surface area contributed by atoms with Gasteiger partial charge < -0.3 is 5.11 Å². The number of hydrogen-bond acceptors (Lipinski definition) is 3.